The van der Waals surface area contributed by atoms with Gasteiger partial charge in [-0.05, 0) is 164 Å². The lowest BCUT2D eigenvalue weighted by Crippen LogP contribution is -2.18. The van der Waals surface area contributed by atoms with Crippen LogP contribution in [-0.4, -0.2) is 4.57 Å². The van der Waals surface area contributed by atoms with E-state index in [1.165, 1.54) is 88.6 Å². The molecule has 3 heteroatoms. The number of para-hydroxylation sites is 2. The first kappa shape index (κ1) is 44.5. The van der Waals surface area contributed by atoms with Gasteiger partial charge in [0.2, 0.25) is 0 Å². The summed E-state index contributed by atoms with van der Waals surface area (Å²) in [5.74, 6) is 0. The zero-order valence-electron chi connectivity index (χ0n) is 42.7. The van der Waals surface area contributed by atoms with Gasteiger partial charge < -0.3 is 14.4 Å². The minimum Gasteiger partial charge on any atom is -0.310 e. The van der Waals surface area contributed by atoms with Crippen LogP contribution in [0.2, 0.25) is 0 Å². The van der Waals surface area contributed by atoms with Crippen LogP contribution in [0.5, 0.6) is 0 Å². The first-order valence-electron chi connectivity index (χ1n) is 26.2. The van der Waals surface area contributed by atoms with Gasteiger partial charge in [-0.2, -0.15) is 0 Å². The minimum atomic E-state index is -0.125. The summed E-state index contributed by atoms with van der Waals surface area (Å²) in [7, 11) is 0. The summed E-state index contributed by atoms with van der Waals surface area (Å²) in [4.78, 5) is 4.81. The van der Waals surface area contributed by atoms with E-state index in [9.17, 15) is 0 Å². The van der Waals surface area contributed by atoms with Crippen molar-refractivity contribution in [3.05, 3.63) is 283 Å². The summed E-state index contributed by atoms with van der Waals surface area (Å²) in [6.45, 7) is 9.48. The highest BCUT2D eigenvalue weighted by molar-refractivity contribution is 6.10. The Balaban J connectivity index is 0.851. The molecule has 1 heterocycles. The van der Waals surface area contributed by atoms with Crippen molar-refractivity contribution in [2.24, 2.45) is 0 Å². The SMILES string of the molecule is CC1(C)c2ccccc2-c2ccc(N(c3ccc(-c4ccc5c6ccccc6n(-c6ccc(N(c7ccccc7)c7cccc(-c8ccccc8)c7)cc6)c5c4)cc3)c3ccc4c(c3)C(C)(C)c3ccccc3-4)cc21. The second-order valence-electron chi connectivity index (χ2n) is 21.4. The summed E-state index contributed by atoms with van der Waals surface area (Å²) >= 11 is 0. The maximum Gasteiger partial charge on any atom is 0.0547 e. The van der Waals surface area contributed by atoms with Crippen molar-refractivity contribution in [1.82, 2.24) is 4.57 Å². The molecule has 2 aliphatic rings. The van der Waals surface area contributed by atoms with Gasteiger partial charge in [-0.1, -0.05) is 191 Å². The van der Waals surface area contributed by atoms with Gasteiger partial charge in [-0.25, -0.2) is 0 Å². The third-order valence-electron chi connectivity index (χ3n) is 16.4. The van der Waals surface area contributed by atoms with Crippen LogP contribution in [0.3, 0.4) is 0 Å². The Morgan fingerprint density at radius 1 is 0.267 bits per heavy atom. The molecule has 2 aliphatic carbocycles. The second kappa shape index (κ2) is 17.2. The lowest BCUT2D eigenvalue weighted by molar-refractivity contribution is 0.660. The van der Waals surface area contributed by atoms with E-state index in [2.05, 4.69) is 303 Å². The minimum absolute atomic E-state index is 0.125. The number of benzene rings is 11. The molecule has 358 valence electrons. The summed E-state index contributed by atoms with van der Waals surface area (Å²) in [6, 6.07) is 96.2. The average Bonchev–Trinajstić information content (AvgIpc) is 4.07. The largest absolute Gasteiger partial charge is 0.310 e. The molecule has 1 aromatic heterocycles. The third kappa shape index (κ3) is 7.17. The number of anilines is 6. The molecular weight excluding hydrogens is 907 g/mol. The highest BCUT2D eigenvalue weighted by atomic mass is 15.1. The fraction of sp³-hybridized carbons (Fsp3) is 0.0833. The van der Waals surface area contributed by atoms with E-state index in [-0.39, 0.29) is 10.8 Å². The van der Waals surface area contributed by atoms with Crippen molar-refractivity contribution in [3.63, 3.8) is 0 Å². The molecule has 0 atom stereocenters. The number of fused-ring (bicyclic) bond motifs is 9. The van der Waals surface area contributed by atoms with Gasteiger partial charge in [0.15, 0.2) is 0 Å². The average molecular weight is 962 g/mol. The second-order valence-corrected chi connectivity index (χ2v) is 21.4. The fourth-order valence-corrected chi connectivity index (χ4v) is 12.6. The molecule has 0 radical (unpaired) electrons. The molecule has 0 unspecified atom stereocenters. The molecule has 0 saturated heterocycles. The molecule has 0 fully saturated rings. The number of hydrogen-bond acceptors (Lipinski definition) is 2. The lowest BCUT2D eigenvalue weighted by atomic mass is 9.82. The molecule has 75 heavy (non-hydrogen) atoms. The Morgan fingerprint density at radius 3 is 1.32 bits per heavy atom. The van der Waals surface area contributed by atoms with Crippen molar-refractivity contribution >= 4 is 55.9 Å². The van der Waals surface area contributed by atoms with Gasteiger partial charge in [-0.15, -0.1) is 0 Å². The molecule has 0 N–H and O–H groups in total. The highest BCUT2D eigenvalue weighted by Crippen LogP contribution is 2.53. The van der Waals surface area contributed by atoms with E-state index < -0.39 is 0 Å². The summed E-state index contributed by atoms with van der Waals surface area (Å²) in [6.07, 6.45) is 0. The standard InChI is InChI=1S/C72H55N3/c1-71(2)65-27-14-11-24-59(65)61-42-39-57(46-67(61)71)74(58-40-43-62-60-25-12-15-28-66(60)72(3,4)68(62)47-58)53-33-30-49(31-34-53)51-32-41-64-63-26-13-16-29-69(63)75(70(64)45-51)55-37-35-54(36-38-55)73(52-21-9-6-10-22-52)56-23-17-20-50(44-56)48-18-7-5-8-19-48/h5-47H,1-4H3. The lowest BCUT2D eigenvalue weighted by Gasteiger charge is -2.30. The van der Waals surface area contributed by atoms with Crippen LogP contribution in [0, 0.1) is 0 Å². The Kier molecular flexibility index (Phi) is 10.2. The van der Waals surface area contributed by atoms with Gasteiger partial charge >= 0.3 is 0 Å². The first-order chi connectivity index (χ1) is 36.7. The molecule has 3 nitrogen and oxygen atoms in total. The van der Waals surface area contributed by atoms with Crippen LogP contribution in [0.1, 0.15) is 49.9 Å². The van der Waals surface area contributed by atoms with Crippen LogP contribution in [-0.2, 0) is 10.8 Å². The number of rotatable bonds is 9. The Bertz CT molecular complexity index is 4060. The molecule has 14 rings (SSSR count). The molecule has 0 amide bonds. The Labute approximate surface area is 439 Å². The zero-order chi connectivity index (χ0) is 50.4. The maximum atomic E-state index is 2.46. The molecular formula is C72H55N3. The normalized spacial score (nSPS) is 13.5. The van der Waals surface area contributed by atoms with Gasteiger partial charge in [0.1, 0.15) is 0 Å². The fourth-order valence-electron chi connectivity index (χ4n) is 12.6. The first-order valence-corrected chi connectivity index (χ1v) is 26.2. The summed E-state index contributed by atoms with van der Waals surface area (Å²) < 4.78 is 2.43. The van der Waals surface area contributed by atoms with Crippen molar-refractivity contribution in [2.45, 2.75) is 38.5 Å². The van der Waals surface area contributed by atoms with Crippen molar-refractivity contribution < 1.29 is 0 Å². The van der Waals surface area contributed by atoms with E-state index in [1.807, 2.05) is 0 Å². The van der Waals surface area contributed by atoms with Gasteiger partial charge in [0, 0.05) is 61.4 Å². The summed E-state index contributed by atoms with van der Waals surface area (Å²) in [5.41, 5.74) is 25.5. The van der Waals surface area contributed by atoms with E-state index in [0.717, 1.165) is 39.8 Å². The van der Waals surface area contributed by atoms with Gasteiger partial charge in [-0.3, -0.25) is 0 Å². The quantitative estimate of drug-likeness (QED) is 0.143. The van der Waals surface area contributed by atoms with Crippen molar-refractivity contribution in [2.75, 3.05) is 9.80 Å². The summed E-state index contributed by atoms with van der Waals surface area (Å²) in [5, 5.41) is 2.47. The number of hydrogen-bond donors (Lipinski definition) is 0. The van der Waals surface area contributed by atoms with E-state index in [4.69, 9.17) is 0 Å². The Morgan fingerprint density at radius 2 is 0.680 bits per heavy atom. The van der Waals surface area contributed by atoms with Crippen LogP contribution < -0.4 is 9.80 Å². The van der Waals surface area contributed by atoms with Gasteiger partial charge in [0.25, 0.3) is 0 Å². The van der Waals surface area contributed by atoms with Crippen molar-refractivity contribution in [1.29, 1.82) is 0 Å². The molecule has 0 bridgehead atoms. The molecule has 11 aromatic carbocycles. The van der Waals surface area contributed by atoms with Gasteiger partial charge in [0.05, 0.1) is 11.0 Å². The predicted molar refractivity (Wildman–Crippen MR) is 316 cm³/mol. The highest BCUT2D eigenvalue weighted by Gasteiger charge is 2.38. The maximum absolute atomic E-state index is 2.46. The van der Waals surface area contributed by atoms with Crippen LogP contribution in [0.15, 0.2) is 261 Å². The van der Waals surface area contributed by atoms with Crippen molar-refractivity contribution in [3.8, 4) is 50.2 Å². The third-order valence-corrected chi connectivity index (χ3v) is 16.4. The van der Waals surface area contributed by atoms with Crippen LogP contribution >= 0.6 is 0 Å². The van der Waals surface area contributed by atoms with E-state index in [0.29, 0.717) is 0 Å². The molecule has 0 spiro atoms. The van der Waals surface area contributed by atoms with E-state index >= 15 is 0 Å². The zero-order valence-corrected chi connectivity index (χ0v) is 42.7. The number of nitrogens with zero attached hydrogens (tertiary/aromatic N) is 3. The smallest absolute Gasteiger partial charge is 0.0547 e. The van der Waals surface area contributed by atoms with Crippen LogP contribution in [0.25, 0.3) is 72.0 Å². The van der Waals surface area contributed by atoms with E-state index in [1.54, 1.807) is 0 Å². The predicted octanol–water partition coefficient (Wildman–Crippen LogP) is 19.7. The number of aromatic nitrogens is 1. The Hall–Kier alpha value is -9.18. The molecule has 0 saturated carbocycles. The van der Waals surface area contributed by atoms with Crippen LogP contribution in [0.4, 0.5) is 34.1 Å². The molecule has 0 aliphatic heterocycles. The molecule has 12 aromatic rings. The monoisotopic (exact) mass is 961 g/mol. The topological polar surface area (TPSA) is 11.4 Å².